The van der Waals surface area contributed by atoms with E-state index in [0.29, 0.717) is 29.2 Å². The number of hydrogen-bond donors (Lipinski definition) is 2. The van der Waals surface area contributed by atoms with Crippen molar-refractivity contribution >= 4 is 0 Å². The van der Waals surface area contributed by atoms with Gasteiger partial charge >= 0.3 is 0 Å². The van der Waals surface area contributed by atoms with E-state index < -0.39 is 6.10 Å². The molecule has 120 valence electrons. The average molecular weight is 297 g/mol. The minimum absolute atomic E-state index is 0.0678. The molecule has 0 heterocycles. The summed E-state index contributed by atoms with van der Waals surface area (Å²) in [6.45, 7) is 6.17. The summed E-state index contributed by atoms with van der Waals surface area (Å²) in [7, 11) is 4.65. The van der Waals surface area contributed by atoms with Gasteiger partial charge < -0.3 is 25.1 Å². The van der Waals surface area contributed by atoms with Crippen molar-refractivity contribution in [2.45, 2.75) is 39.3 Å². The van der Waals surface area contributed by atoms with Crippen LogP contribution in [0.5, 0.6) is 17.2 Å². The number of methoxy groups -OCH3 is 3. The van der Waals surface area contributed by atoms with Crippen LogP contribution in [0.25, 0.3) is 0 Å². The molecular formula is C16H27NO4. The summed E-state index contributed by atoms with van der Waals surface area (Å²) in [5, 5.41) is 10.4. The Morgan fingerprint density at radius 2 is 1.52 bits per heavy atom. The zero-order chi connectivity index (χ0) is 16.2. The van der Waals surface area contributed by atoms with Crippen LogP contribution in [0, 0.1) is 5.41 Å². The molecule has 0 aliphatic rings. The van der Waals surface area contributed by atoms with Crippen LogP contribution in [0.3, 0.4) is 0 Å². The van der Waals surface area contributed by atoms with Crippen molar-refractivity contribution in [1.29, 1.82) is 0 Å². The zero-order valence-electron chi connectivity index (χ0n) is 13.8. The lowest BCUT2D eigenvalue weighted by Gasteiger charge is -2.29. The first-order valence-corrected chi connectivity index (χ1v) is 6.98. The fraction of sp³-hybridized carbons (Fsp3) is 0.625. The second-order valence-electron chi connectivity index (χ2n) is 6.18. The minimum atomic E-state index is -0.687. The first-order valence-electron chi connectivity index (χ1n) is 6.98. The Balaban J connectivity index is 3.07. The van der Waals surface area contributed by atoms with E-state index in [4.69, 9.17) is 19.9 Å². The lowest BCUT2D eigenvalue weighted by atomic mass is 9.83. The van der Waals surface area contributed by atoms with Gasteiger partial charge in [-0.25, -0.2) is 0 Å². The van der Waals surface area contributed by atoms with E-state index in [1.54, 1.807) is 33.5 Å². The van der Waals surface area contributed by atoms with Gasteiger partial charge in [-0.2, -0.15) is 0 Å². The van der Waals surface area contributed by atoms with E-state index >= 15 is 0 Å². The summed E-state index contributed by atoms with van der Waals surface area (Å²) in [4.78, 5) is 0. The van der Waals surface area contributed by atoms with Gasteiger partial charge in [0.05, 0.1) is 27.4 Å². The first kappa shape index (κ1) is 17.6. The van der Waals surface area contributed by atoms with Gasteiger partial charge in [-0.3, -0.25) is 0 Å². The van der Waals surface area contributed by atoms with Crippen molar-refractivity contribution in [3.63, 3.8) is 0 Å². The highest BCUT2D eigenvalue weighted by atomic mass is 16.5. The number of rotatable bonds is 6. The molecule has 0 bridgehead atoms. The summed E-state index contributed by atoms with van der Waals surface area (Å²) in [6, 6.07) is 3.38. The molecule has 1 aromatic carbocycles. The molecule has 0 amide bonds. The van der Waals surface area contributed by atoms with Gasteiger partial charge in [0.2, 0.25) is 5.75 Å². The van der Waals surface area contributed by atoms with Crippen molar-refractivity contribution in [3.05, 3.63) is 17.7 Å². The average Bonchev–Trinajstić information content (AvgIpc) is 2.44. The second kappa shape index (κ2) is 7.00. The Morgan fingerprint density at radius 1 is 1.05 bits per heavy atom. The number of benzene rings is 1. The van der Waals surface area contributed by atoms with Gasteiger partial charge in [-0.05, 0) is 29.5 Å². The Labute approximate surface area is 127 Å². The van der Waals surface area contributed by atoms with Crippen LogP contribution in [-0.4, -0.2) is 32.5 Å². The number of aliphatic hydroxyl groups excluding tert-OH is 1. The molecule has 0 saturated carbocycles. The Morgan fingerprint density at radius 3 is 1.86 bits per heavy atom. The largest absolute Gasteiger partial charge is 0.493 e. The molecule has 5 nitrogen and oxygen atoms in total. The summed E-state index contributed by atoms with van der Waals surface area (Å²) < 4.78 is 15.9. The number of ether oxygens (including phenoxy) is 3. The third-order valence-electron chi connectivity index (χ3n) is 3.66. The van der Waals surface area contributed by atoms with Gasteiger partial charge in [-0.1, -0.05) is 20.8 Å². The summed E-state index contributed by atoms with van der Waals surface area (Å²) >= 11 is 0. The van der Waals surface area contributed by atoms with E-state index in [2.05, 4.69) is 20.8 Å². The molecule has 0 saturated heterocycles. The topological polar surface area (TPSA) is 73.9 Å². The van der Waals surface area contributed by atoms with Crippen molar-refractivity contribution < 1.29 is 19.3 Å². The van der Waals surface area contributed by atoms with Gasteiger partial charge in [0, 0.05) is 6.04 Å². The molecule has 0 unspecified atom stereocenters. The first-order chi connectivity index (χ1) is 9.74. The van der Waals surface area contributed by atoms with Crippen LogP contribution in [0.2, 0.25) is 0 Å². The molecule has 0 aliphatic carbocycles. The lowest BCUT2D eigenvalue weighted by Crippen LogP contribution is -2.36. The maximum atomic E-state index is 10.4. The van der Waals surface area contributed by atoms with E-state index in [0.717, 1.165) is 0 Å². The van der Waals surface area contributed by atoms with Gasteiger partial charge in [0.25, 0.3) is 0 Å². The smallest absolute Gasteiger partial charge is 0.203 e. The fourth-order valence-electron chi connectivity index (χ4n) is 2.02. The van der Waals surface area contributed by atoms with Crippen LogP contribution in [0.1, 0.15) is 38.9 Å². The van der Waals surface area contributed by atoms with Crippen LogP contribution >= 0.6 is 0 Å². The van der Waals surface area contributed by atoms with Crippen molar-refractivity contribution in [2.24, 2.45) is 11.1 Å². The molecule has 0 radical (unpaired) electrons. The van der Waals surface area contributed by atoms with Gasteiger partial charge in [0.15, 0.2) is 11.5 Å². The van der Waals surface area contributed by atoms with Crippen LogP contribution in [0.15, 0.2) is 12.1 Å². The molecular weight excluding hydrogens is 270 g/mol. The van der Waals surface area contributed by atoms with Crippen molar-refractivity contribution in [2.75, 3.05) is 21.3 Å². The maximum Gasteiger partial charge on any atom is 0.203 e. The standard InChI is InChI=1S/C16H27NO4/c1-16(2,3)14(17)9-11(18)10-7-12(19-4)15(21-6)13(8-10)20-5/h7-8,11,14,18H,9,17H2,1-6H3/t11-,14+/m1/s1. The monoisotopic (exact) mass is 297 g/mol. The molecule has 3 N–H and O–H groups in total. The molecule has 0 aromatic heterocycles. The lowest BCUT2D eigenvalue weighted by molar-refractivity contribution is 0.132. The molecule has 0 aliphatic heterocycles. The van der Waals surface area contributed by atoms with Crippen LogP contribution in [-0.2, 0) is 0 Å². The molecule has 0 spiro atoms. The number of aliphatic hydroxyl groups is 1. The predicted octanol–water partition coefficient (Wildman–Crippen LogP) is 2.51. The van der Waals surface area contributed by atoms with Gasteiger partial charge in [0.1, 0.15) is 0 Å². The summed E-state index contributed by atoms with van der Waals surface area (Å²) in [5.74, 6) is 1.56. The molecule has 2 atom stereocenters. The molecule has 1 aromatic rings. The number of nitrogens with two attached hydrogens (primary N) is 1. The number of hydrogen-bond acceptors (Lipinski definition) is 5. The quantitative estimate of drug-likeness (QED) is 0.844. The van der Waals surface area contributed by atoms with E-state index in [1.807, 2.05) is 0 Å². The Bertz CT molecular complexity index is 443. The van der Waals surface area contributed by atoms with Crippen molar-refractivity contribution in [1.82, 2.24) is 0 Å². The van der Waals surface area contributed by atoms with E-state index in [1.165, 1.54) is 0 Å². The fourth-order valence-corrected chi connectivity index (χ4v) is 2.02. The molecule has 1 rings (SSSR count). The molecule has 0 fully saturated rings. The predicted molar refractivity (Wildman–Crippen MR) is 83.1 cm³/mol. The maximum absolute atomic E-state index is 10.4. The van der Waals surface area contributed by atoms with E-state index in [9.17, 15) is 5.11 Å². The SMILES string of the molecule is COc1cc([C@H](O)C[C@H](N)C(C)(C)C)cc(OC)c1OC. The second-order valence-corrected chi connectivity index (χ2v) is 6.18. The molecule has 5 heteroatoms. The van der Waals surface area contributed by atoms with Crippen LogP contribution in [0.4, 0.5) is 0 Å². The Kier molecular flexibility index (Phi) is 5.87. The summed E-state index contributed by atoms with van der Waals surface area (Å²) in [6.07, 6.45) is -0.227. The molecule has 21 heavy (non-hydrogen) atoms. The Hall–Kier alpha value is -1.46. The summed E-state index contributed by atoms with van der Waals surface area (Å²) in [5.41, 5.74) is 6.77. The third-order valence-corrected chi connectivity index (χ3v) is 3.66. The van der Waals surface area contributed by atoms with E-state index in [-0.39, 0.29) is 11.5 Å². The van der Waals surface area contributed by atoms with Crippen LogP contribution < -0.4 is 19.9 Å². The van der Waals surface area contributed by atoms with Gasteiger partial charge in [-0.15, -0.1) is 0 Å². The van der Waals surface area contributed by atoms with Crippen molar-refractivity contribution in [3.8, 4) is 17.2 Å². The zero-order valence-corrected chi connectivity index (χ0v) is 13.8. The highest BCUT2D eigenvalue weighted by Crippen LogP contribution is 2.40. The highest BCUT2D eigenvalue weighted by Gasteiger charge is 2.25. The minimum Gasteiger partial charge on any atom is -0.493 e. The highest BCUT2D eigenvalue weighted by molar-refractivity contribution is 5.54. The third kappa shape index (κ3) is 4.25. The normalized spacial score (nSPS) is 14.5.